The van der Waals surface area contributed by atoms with Gasteiger partial charge in [0.1, 0.15) is 11.6 Å². The lowest BCUT2D eigenvalue weighted by atomic mass is 9.85. The second-order valence-electron chi connectivity index (χ2n) is 6.82. The van der Waals surface area contributed by atoms with E-state index in [2.05, 4.69) is 16.8 Å². The fraction of sp³-hybridized carbons (Fsp3) is 0.208. The second-order valence-corrected chi connectivity index (χ2v) is 6.82. The molecule has 0 bridgehead atoms. The van der Waals surface area contributed by atoms with Crippen LogP contribution in [0.4, 0.5) is 26.3 Å². The molecule has 1 atom stereocenters. The maximum absolute atomic E-state index is 15.2. The molecule has 0 aliphatic heterocycles. The van der Waals surface area contributed by atoms with Gasteiger partial charge in [-0.15, -0.1) is 0 Å². The van der Waals surface area contributed by atoms with Crippen molar-refractivity contribution in [1.82, 2.24) is 5.43 Å². The van der Waals surface area contributed by atoms with Gasteiger partial charge in [-0.2, -0.15) is 8.78 Å². The van der Waals surface area contributed by atoms with Crippen molar-refractivity contribution < 1.29 is 31.4 Å². The highest BCUT2D eigenvalue weighted by Gasteiger charge is 2.57. The van der Waals surface area contributed by atoms with E-state index >= 15 is 8.78 Å². The lowest BCUT2D eigenvalue weighted by Crippen LogP contribution is -2.51. The van der Waals surface area contributed by atoms with E-state index in [-0.39, 0.29) is 11.3 Å². The van der Waals surface area contributed by atoms with Gasteiger partial charge in [0, 0.05) is 17.2 Å². The number of alkyl halides is 2. The van der Waals surface area contributed by atoms with E-state index in [1.165, 1.54) is 6.07 Å². The van der Waals surface area contributed by atoms with Crippen molar-refractivity contribution in [2.75, 3.05) is 6.54 Å². The van der Waals surface area contributed by atoms with Gasteiger partial charge < -0.3 is 22.0 Å². The third kappa shape index (κ3) is 7.27. The van der Waals surface area contributed by atoms with Crippen molar-refractivity contribution in [3.8, 4) is 11.8 Å². The molecule has 0 radical (unpaired) electrons. The summed E-state index contributed by atoms with van der Waals surface area (Å²) >= 11 is 0. The predicted octanol–water partition coefficient (Wildman–Crippen LogP) is 3.32. The van der Waals surface area contributed by atoms with Crippen LogP contribution in [0.25, 0.3) is 0 Å². The van der Waals surface area contributed by atoms with Crippen LogP contribution in [0.3, 0.4) is 0 Å². The van der Waals surface area contributed by atoms with Gasteiger partial charge in [-0.25, -0.2) is 23.4 Å². The number of rotatable bonds is 7. The molecule has 0 aliphatic carbocycles. The summed E-state index contributed by atoms with van der Waals surface area (Å²) < 4.78 is 84.2. The van der Waals surface area contributed by atoms with Crippen molar-refractivity contribution in [2.45, 2.75) is 25.4 Å². The van der Waals surface area contributed by atoms with Gasteiger partial charge in [-0.1, -0.05) is 19.8 Å². The first-order chi connectivity index (χ1) is 16.9. The summed E-state index contributed by atoms with van der Waals surface area (Å²) in [6.45, 7) is 2.89. The van der Waals surface area contributed by atoms with Gasteiger partial charge in [0.2, 0.25) is 0 Å². The molecule has 0 spiro atoms. The van der Waals surface area contributed by atoms with Crippen LogP contribution in [0.1, 0.15) is 25.0 Å². The Morgan fingerprint density at radius 2 is 1.67 bits per heavy atom. The quantitative estimate of drug-likeness (QED) is 0.0740. The fourth-order valence-electron chi connectivity index (χ4n) is 2.69. The molecule has 36 heavy (non-hydrogen) atoms. The predicted molar refractivity (Wildman–Crippen MR) is 125 cm³/mol. The SMILES string of the molecule is CC.NNC=NCC(O)(c1ccc(F)cc1F)C(F)(F)/C(N)=C/C=C(\N)C#Cc1ccc(F)c(F)c1. The van der Waals surface area contributed by atoms with Gasteiger partial charge in [0.05, 0.1) is 24.3 Å². The van der Waals surface area contributed by atoms with Crippen molar-refractivity contribution in [2.24, 2.45) is 22.3 Å². The maximum Gasteiger partial charge on any atom is 0.321 e. The molecule has 2 aromatic carbocycles. The highest BCUT2D eigenvalue weighted by Crippen LogP contribution is 2.42. The topological polar surface area (TPSA) is 123 Å². The van der Waals surface area contributed by atoms with Gasteiger partial charge in [-0.05, 0) is 48.4 Å². The maximum atomic E-state index is 15.2. The van der Waals surface area contributed by atoms with Crippen LogP contribution in [-0.2, 0) is 5.60 Å². The molecule has 0 saturated heterocycles. The van der Waals surface area contributed by atoms with Crippen molar-refractivity contribution in [1.29, 1.82) is 0 Å². The van der Waals surface area contributed by atoms with E-state index in [4.69, 9.17) is 17.3 Å². The second kappa shape index (κ2) is 13.2. The summed E-state index contributed by atoms with van der Waals surface area (Å²) in [6.07, 6.45) is 2.25. The normalized spacial score (nSPS) is 13.8. The first-order valence-electron chi connectivity index (χ1n) is 10.3. The van der Waals surface area contributed by atoms with E-state index in [0.717, 1.165) is 24.5 Å². The zero-order valence-corrected chi connectivity index (χ0v) is 19.3. The number of halogens is 6. The molecule has 2 rings (SSSR count). The molecule has 1 unspecified atom stereocenters. The van der Waals surface area contributed by atoms with Crippen LogP contribution in [-0.4, -0.2) is 23.9 Å². The Morgan fingerprint density at radius 3 is 2.25 bits per heavy atom. The lowest BCUT2D eigenvalue weighted by Gasteiger charge is -2.35. The molecule has 12 heteroatoms. The van der Waals surface area contributed by atoms with E-state index in [1.807, 2.05) is 19.3 Å². The minimum absolute atomic E-state index is 0.0602. The highest BCUT2D eigenvalue weighted by atomic mass is 19.3. The largest absolute Gasteiger partial charge is 0.397 e. The van der Waals surface area contributed by atoms with Crippen LogP contribution in [0.5, 0.6) is 0 Å². The first kappa shape index (κ1) is 30.1. The van der Waals surface area contributed by atoms with Crippen molar-refractivity contribution in [3.05, 3.63) is 94.3 Å². The van der Waals surface area contributed by atoms with E-state index in [9.17, 15) is 22.7 Å². The van der Waals surface area contributed by atoms with Crippen LogP contribution in [0.15, 0.2) is 64.9 Å². The number of benzene rings is 2. The standard InChI is InChI=1S/C22H19F6N5O.C2H6/c23-14-3-6-16(18(25)10-14)21(34,11-32-12-33-31)22(27,28)20(30)8-5-15(29)4-1-13-2-7-17(24)19(26)9-13;1-2/h2-3,5-10,12,34H,11,29-31H2,(H,32,33);1-2H3/b15-5-,20-8-;. The number of hydrazine groups is 1. The van der Waals surface area contributed by atoms with Crippen molar-refractivity contribution >= 4 is 6.34 Å². The van der Waals surface area contributed by atoms with Gasteiger partial charge in [0.25, 0.3) is 0 Å². The number of aliphatic imine (C=N–C) groups is 1. The van der Waals surface area contributed by atoms with E-state index < -0.39 is 52.6 Å². The van der Waals surface area contributed by atoms with Crippen LogP contribution >= 0.6 is 0 Å². The third-order valence-electron chi connectivity index (χ3n) is 4.46. The number of allylic oxidation sites excluding steroid dienone is 3. The molecular weight excluding hydrogens is 488 g/mol. The first-order valence-corrected chi connectivity index (χ1v) is 10.3. The summed E-state index contributed by atoms with van der Waals surface area (Å²) in [5, 5.41) is 10.8. The minimum atomic E-state index is -4.35. The Balaban J connectivity index is 0.00000316. The number of hydrogen-bond donors (Lipinski definition) is 5. The molecule has 0 heterocycles. The molecule has 6 nitrogen and oxygen atoms in total. The summed E-state index contributed by atoms with van der Waals surface area (Å²) in [4.78, 5) is 3.47. The smallest absolute Gasteiger partial charge is 0.321 e. The summed E-state index contributed by atoms with van der Waals surface area (Å²) in [7, 11) is 0. The zero-order valence-electron chi connectivity index (χ0n) is 19.3. The minimum Gasteiger partial charge on any atom is -0.397 e. The van der Waals surface area contributed by atoms with E-state index in [1.54, 1.807) is 0 Å². The summed E-state index contributed by atoms with van der Waals surface area (Å²) in [5.41, 5.74) is 7.20. The monoisotopic (exact) mass is 513 g/mol. The number of hydrogen-bond acceptors (Lipinski definition) is 5. The molecule has 0 aliphatic rings. The van der Waals surface area contributed by atoms with Crippen LogP contribution < -0.4 is 22.7 Å². The van der Waals surface area contributed by atoms with Gasteiger partial charge in [0.15, 0.2) is 17.2 Å². The Hall–Kier alpha value is -3.95. The summed E-state index contributed by atoms with van der Waals surface area (Å²) in [6, 6.07) is 4.45. The van der Waals surface area contributed by atoms with Crippen LogP contribution in [0.2, 0.25) is 0 Å². The third-order valence-corrected chi connectivity index (χ3v) is 4.46. The molecule has 2 aromatic rings. The Kier molecular flexibility index (Phi) is 11.0. The Labute approximate surface area is 204 Å². The molecule has 8 N–H and O–H groups in total. The summed E-state index contributed by atoms with van der Waals surface area (Å²) in [5.74, 6) is 0.620. The number of nitrogens with one attached hydrogen (secondary N) is 1. The Morgan fingerprint density at radius 1 is 1.00 bits per heavy atom. The average Bonchev–Trinajstić information content (AvgIpc) is 2.84. The molecule has 0 aromatic heterocycles. The molecular formula is C24H25F6N5O. The Bertz CT molecular complexity index is 1200. The van der Waals surface area contributed by atoms with Crippen LogP contribution in [0, 0.1) is 35.1 Å². The number of aliphatic hydroxyl groups is 1. The number of nitrogens with two attached hydrogens (primary N) is 3. The molecule has 0 amide bonds. The molecule has 0 fully saturated rings. The average molecular weight is 513 g/mol. The van der Waals surface area contributed by atoms with E-state index in [0.29, 0.717) is 24.3 Å². The fourth-order valence-corrected chi connectivity index (χ4v) is 2.69. The number of nitrogens with zero attached hydrogens (tertiary/aromatic N) is 1. The molecule has 0 saturated carbocycles. The zero-order chi connectivity index (χ0) is 27.5. The molecule has 194 valence electrons. The van der Waals surface area contributed by atoms with Gasteiger partial charge in [-0.3, -0.25) is 4.99 Å². The highest BCUT2D eigenvalue weighted by molar-refractivity contribution is 5.53. The van der Waals surface area contributed by atoms with Crippen molar-refractivity contribution in [3.63, 3.8) is 0 Å². The van der Waals surface area contributed by atoms with Gasteiger partial charge >= 0.3 is 5.92 Å². The lowest BCUT2D eigenvalue weighted by molar-refractivity contribution is -0.159.